The van der Waals surface area contributed by atoms with Gasteiger partial charge >= 0.3 is 0 Å². The summed E-state index contributed by atoms with van der Waals surface area (Å²) in [5.41, 5.74) is 1.61. The highest BCUT2D eigenvalue weighted by Crippen LogP contribution is 2.26. The number of aryl methyl sites for hydroxylation is 1. The molecule has 2 N–H and O–H groups in total. The lowest BCUT2D eigenvalue weighted by molar-refractivity contribution is 0.102. The molecule has 3 rings (SSSR count). The minimum absolute atomic E-state index is 0.0720. The first-order valence-corrected chi connectivity index (χ1v) is 10.6. The number of benzene rings is 3. The van der Waals surface area contributed by atoms with Crippen LogP contribution in [0.1, 0.15) is 21.5 Å². The Kier molecular flexibility index (Phi) is 6.49. The van der Waals surface area contributed by atoms with E-state index in [9.17, 15) is 17.6 Å². The molecule has 0 saturated carbocycles. The van der Waals surface area contributed by atoms with Gasteiger partial charge in [0.15, 0.2) is 0 Å². The van der Waals surface area contributed by atoms with E-state index in [2.05, 4.69) is 10.0 Å². The first-order valence-electron chi connectivity index (χ1n) is 9.09. The Morgan fingerprint density at radius 2 is 1.77 bits per heavy atom. The molecule has 0 bridgehead atoms. The van der Waals surface area contributed by atoms with Crippen LogP contribution < -0.4 is 14.8 Å². The van der Waals surface area contributed by atoms with Crippen LogP contribution in [0.15, 0.2) is 71.6 Å². The lowest BCUT2D eigenvalue weighted by atomic mass is 10.1. The predicted molar refractivity (Wildman–Crippen MR) is 113 cm³/mol. The standard InChI is InChI=1S/C22H21FN2O4S/c1-15-8-11-21(29-2)20(12-15)25-22(26)18-13-17(9-10-19(18)23)30(27,28)24-14-16-6-4-3-5-7-16/h3-13,24H,14H2,1-2H3,(H,25,26). The largest absolute Gasteiger partial charge is 0.495 e. The Morgan fingerprint density at radius 1 is 1.03 bits per heavy atom. The molecule has 3 aromatic rings. The van der Waals surface area contributed by atoms with Crippen molar-refractivity contribution in [2.24, 2.45) is 0 Å². The zero-order valence-corrected chi connectivity index (χ0v) is 17.3. The molecule has 0 aliphatic rings. The molecule has 0 aliphatic heterocycles. The summed E-state index contributed by atoms with van der Waals surface area (Å²) in [7, 11) is -2.49. The van der Waals surface area contributed by atoms with E-state index in [0.29, 0.717) is 11.4 Å². The molecule has 3 aromatic carbocycles. The van der Waals surface area contributed by atoms with E-state index in [0.717, 1.165) is 29.3 Å². The van der Waals surface area contributed by atoms with Gasteiger partial charge in [-0.3, -0.25) is 4.79 Å². The molecule has 0 heterocycles. The number of amides is 1. The summed E-state index contributed by atoms with van der Waals surface area (Å²) in [5.74, 6) is -1.21. The van der Waals surface area contributed by atoms with Crippen LogP contribution in [0.2, 0.25) is 0 Å². The number of ether oxygens (including phenoxy) is 1. The van der Waals surface area contributed by atoms with Gasteiger partial charge in [0.2, 0.25) is 10.0 Å². The number of hydrogen-bond acceptors (Lipinski definition) is 4. The van der Waals surface area contributed by atoms with Gasteiger partial charge in [-0.25, -0.2) is 17.5 Å². The average molecular weight is 428 g/mol. The second-order valence-electron chi connectivity index (χ2n) is 6.61. The number of carbonyl (C=O) groups is 1. The molecule has 0 aromatic heterocycles. The third kappa shape index (κ3) is 5.03. The Labute approximate surface area is 174 Å². The van der Waals surface area contributed by atoms with Gasteiger partial charge in [-0.1, -0.05) is 36.4 Å². The van der Waals surface area contributed by atoms with Crippen molar-refractivity contribution in [1.29, 1.82) is 0 Å². The molecule has 0 unspecified atom stereocenters. The zero-order chi connectivity index (χ0) is 21.7. The van der Waals surface area contributed by atoms with Crippen LogP contribution in [-0.4, -0.2) is 21.4 Å². The smallest absolute Gasteiger partial charge is 0.258 e. The summed E-state index contributed by atoms with van der Waals surface area (Å²) in [6.45, 7) is 1.91. The molecular weight excluding hydrogens is 407 g/mol. The van der Waals surface area contributed by atoms with Gasteiger partial charge in [0.25, 0.3) is 5.91 Å². The van der Waals surface area contributed by atoms with Gasteiger partial charge in [0.1, 0.15) is 11.6 Å². The van der Waals surface area contributed by atoms with Gasteiger partial charge < -0.3 is 10.1 Å². The van der Waals surface area contributed by atoms with Crippen molar-refractivity contribution in [2.45, 2.75) is 18.4 Å². The third-order valence-corrected chi connectivity index (χ3v) is 5.80. The highest BCUT2D eigenvalue weighted by Gasteiger charge is 2.20. The molecule has 1 amide bonds. The van der Waals surface area contributed by atoms with E-state index >= 15 is 0 Å². The Balaban J connectivity index is 1.84. The van der Waals surface area contributed by atoms with E-state index < -0.39 is 21.7 Å². The van der Waals surface area contributed by atoms with E-state index in [4.69, 9.17) is 4.74 Å². The van der Waals surface area contributed by atoms with Crippen LogP contribution in [0.5, 0.6) is 5.75 Å². The highest BCUT2D eigenvalue weighted by molar-refractivity contribution is 7.89. The topological polar surface area (TPSA) is 84.5 Å². The maximum absolute atomic E-state index is 14.3. The SMILES string of the molecule is COc1ccc(C)cc1NC(=O)c1cc(S(=O)(=O)NCc2ccccc2)ccc1F. The van der Waals surface area contributed by atoms with Gasteiger partial charge in [0.05, 0.1) is 23.3 Å². The van der Waals surface area contributed by atoms with Crippen molar-refractivity contribution < 1.29 is 22.3 Å². The summed E-state index contributed by atoms with van der Waals surface area (Å²) in [6.07, 6.45) is 0. The van der Waals surface area contributed by atoms with Crippen LogP contribution in [0.4, 0.5) is 10.1 Å². The molecule has 6 nitrogen and oxygen atoms in total. The molecule has 156 valence electrons. The summed E-state index contributed by atoms with van der Waals surface area (Å²) in [4.78, 5) is 12.4. The number of nitrogens with one attached hydrogen (secondary N) is 2. The molecule has 0 fully saturated rings. The van der Waals surface area contributed by atoms with Crippen LogP contribution >= 0.6 is 0 Å². The lowest BCUT2D eigenvalue weighted by Crippen LogP contribution is -2.24. The van der Waals surface area contributed by atoms with Crippen molar-refractivity contribution in [3.05, 3.63) is 89.2 Å². The van der Waals surface area contributed by atoms with Gasteiger partial charge in [-0.2, -0.15) is 0 Å². The minimum atomic E-state index is -3.95. The fourth-order valence-electron chi connectivity index (χ4n) is 2.81. The fourth-order valence-corrected chi connectivity index (χ4v) is 3.86. The fraction of sp³-hybridized carbons (Fsp3) is 0.136. The van der Waals surface area contributed by atoms with Crippen LogP contribution in [-0.2, 0) is 16.6 Å². The number of halogens is 1. The Bertz CT molecular complexity index is 1170. The summed E-state index contributed by atoms with van der Waals surface area (Å²) < 4.78 is 47.2. The Hall–Kier alpha value is -3.23. The zero-order valence-electron chi connectivity index (χ0n) is 16.5. The van der Waals surface area contributed by atoms with Gasteiger partial charge in [-0.05, 0) is 48.4 Å². The molecule has 30 heavy (non-hydrogen) atoms. The summed E-state index contributed by atoms with van der Waals surface area (Å²) in [5, 5.41) is 2.58. The summed E-state index contributed by atoms with van der Waals surface area (Å²) in [6, 6.07) is 17.2. The second-order valence-corrected chi connectivity index (χ2v) is 8.38. The first kappa shape index (κ1) is 21.5. The lowest BCUT2D eigenvalue weighted by Gasteiger charge is -2.12. The van der Waals surface area contributed by atoms with Crippen LogP contribution in [0.3, 0.4) is 0 Å². The number of rotatable bonds is 7. The molecular formula is C22H21FN2O4S. The molecule has 0 atom stereocenters. The maximum atomic E-state index is 14.3. The maximum Gasteiger partial charge on any atom is 0.258 e. The number of hydrogen-bond donors (Lipinski definition) is 2. The van der Waals surface area contributed by atoms with E-state index in [1.165, 1.54) is 7.11 Å². The number of anilines is 1. The van der Waals surface area contributed by atoms with Crippen molar-refractivity contribution in [3.8, 4) is 5.75 Å². The van der Waals surface area contributed by atoms with E-state index in [1.807, 2.05) is 13.0 Å². The van der Waals surface area contributed by atoms with Crippen molar-refractivity contribution >= 4 is 21.6 Å². The van der Waals surface area contributed by atoms with Gasteiger partial charge in [0, 0.05) is 6.54 Å². The molecule has 0 aliphatic carbocycles. The van der Waals surface area contributed by atoms with E-state index in [1.54, 1.807) is 42.5 Å². The molecule has 0 radical (unpaired) electrons. The van der Waals surface area contributed by atoms with E-state index in [-0.39, 0.29) is 17.0 Å². The third-order valence-electron chi connectivity index (χ3n) is 4.41. The number of carbonyl (C=O) groups excluding carboxylic acids is 1. The van der Waals surface area contributed by atoms with Crippen LogP contribution in [0, 0.1) is 12.7 Å². The number of methoxy groups -OCH3 is 1. The summed E-state index contributed by atoms with van der Waals surface area (Å²) >= 11 is 0. The normalized spacial score (nSPS) is 11.2. The average Bonchev–Trinajstić information content (AvgIpc) is 2.73. The molecule has 8 heteroatoms. The predicted octanol–water partition coefficient (Wildman–Crippen LogP) is 3.87. The Morgan fingerprint density at radius 3 is 2.47 bits per heavy atom. The first-order chi connectivity index (χ1) is 14.3. The van der Waals surface area contributed by atoms with Crippen molar-refractivity contribution in [3.63, 3.8) is 0 Å². The minimum Gasteiger partial charge on any atom is -0.495 e. The second kappa shape index (κ2) is 9.06. The van der Waals surface area contributed by atoms with Crippen LogP contribution in [0.25, 0.3) is 0 Å². The highest BCUT2D eigenvalue weighted by atomic mass is 32.2. The number of sulfonamides is 1. The van der Waals surface area contributed by atoms with Crippen molar-refractivity contribution in [1.82, 2.24) is 4.72 Å². The molecule has 0 spiro atoms. The monoisotopic (exact) mass is 428 g/mol. The molecule has 0 saturated heterocycles. The quantitative estimate of drug-likeness (QED) is 0.598. The van der Waals surface area contributed by atoms with Crippen molar-refractivity contribution in [2.75, 3.05) is 12.4 Å². The van der Waals surface area contributed by atoms with Gasteiger partial charge in [-0.15, -0.1) is 0 Å².